The summed E-state index contributed by atoms with van der Waals surface area (Å²) in [6, 6.07) is 9.14. The molecule has 1 aromatic carbocycles. The zero-order valence-electron chi connectivity index (χ0n) is 13.0. The summed E-state index contributed by atoms with van der Waals surface area (Å²) in [5.41, 5.74) is 4.99. The van der Waals surface area contributed by atoms with Crippen molar-refractivity contribution in [1.29, 1.82) is 0 Å². The predicted octanol–water partition coefficient (Wildman–Crippen LogP) is 2.34. The summed E-state index contributed by atoms with van der Waals surface area (Å²) in [6.07, 6.45) is 1.72. The molecule has 0 saturated heterocycles. The first-order chi connectivity index (χ1) is 11.0. The number of benzene rings is 1. The summed E-state index contributed by atoms with van der Waals surface area (Å²) in [5.74, 6) is 0.222. The molecule has 1 amide bonds. The molecule has 0 aliphatic carbocycles. The van der Waals surface area contributed by atoms with Crippen LogP contribution < -0.4 is 15.0 Å². The topological polar surface area (TPSA) is 80.7 Å². The van der Waals surface area contributed by atoms with Crippen molar-refractivity contribution in [2.75, 3.05) is 13.7 Å². The molecule has 0 spiro atoms. The molecule has 1 heterocycles. The normalized spacial score (nSPS) is 10.0. The number of aryl methyl sites for hydroxylation is 1. The first-order valence-electron chi connectivity index (χ1n) is 6.91. The van der Waals surface area contributed by atoms with E-state index in [1.165, 1.54) is 12.6 Å². The van der Waals surface area contributed by atoms with E-state index in [2.05, 4.69) is 11.6 Å². The molecular weight excluding hydrogens is 296 g/mol. The van der Waals surface area contributed by atoms with Gasteiger partial charge in [-0.05, 0) is 47.9 Å². The van der Waals surface area contributed by atoms with Crippen LogP contribution >= 0.6 is 0 Å². The van der Waals surface area contributed by atoms with E-state index in [1.54, 1.807) is 18.3 Å². The third-order valence-electron chi connectivity index (χ3n) is 3.24. The number of carbonyl (C=O) groups excluding carboxylic acids is 1. The van der Waals surface area contributed by atoms with Crippen molar-refractivity contribution in [3.8, 4) is 11.5 Å². The molecule has 0 aliphatic heterocycles. The standard InChI is InChI=1S/C17H18N2O4/c1-11-8-14(6-7-18-11)12(2)13-4-5-15(22-3)16(9-13)23-10-17(20)19-21/h4-9,21H,2,10H2,1,3H3,(H,19,20). The van der Waals surface area contributed by atoms with Gasteiger partial charge in [0, 0.05) is 11.9 Å². The van der Waals surface area contributed by atoms with Gasteiger partial charge in [0.25, 0.3) is 5.91 Å². The number of nitrogens with zero attached hydrogens (tertiary/aromatic N) is 1. The van der Waals surface area contributed by atoms with E-state index in [1.807, 2.05) is 25.1 Å². The average molecular weight is 314 g/mol. The molecule has 120 valence electrons. The van der Waals surface area contributed by atoms with Crippen molar-refractivity contribution in [3.63, 3.8) is 0 Å². The molecule has 2 N–H and O–H groups in total. The summed E-state index contributed by atoms with van der Waals surface area (Å²) in [7, 11) is 1.51. The second kappa shape index (κ2) is 7.42. The van der Waals surface area contributed by atoms with Gasteiger partial charge in [-0.2, -0.15) is 0 Å². The van der Waals surface area contributed by atoms with Gasteiger partial charge in [-0.3, -0.25) is 15.0 Å². The Morgan fingerprint density at radius 2 is 2.00 bits per heavy atom. The molecule has 0 atom stereocenters. The minimum Gasteiger partial charge on any atom is -0.493 e. The quantitative estimate of drug-likeness (QED) is 0.632. The highest BCUT2D eigenvalue weighted by Gasteiger charge is 2.11. The lowest BCUT2D eigenvalue weighted by Crippen LogP contribution is -2.25. The van der Waals surface area contributed by atoms with Crippen molar-refractivity contribution in [2.24, 2.45) is 0 Å². The van der Waals surface area contributed by atoms with E-state index >= 15 is 0 Å². The van der Waals surface area contributed by atoms with Crippen molar-refractivity contribution >= 4 is 11.5 Å². The lowest BCUT2D eigenvalue weighted by molar-refractivity contribution is -0.131. The molecule has 0 radical (unpaired) electrons. The number of methoxy groups -OCH3 is 1. The molecule has 23 heavy (non-hydrogen) atoms. The third-order valence-corrected chi connectivity index (χ3v) is 3.24. The van der Waals surface area contributed by atoms with Crippen molar-refractivity contribution in [3.05, 3.63) is 59.9 Å². The van der Waals surface area contributed by atoms with Crippen LogP contribution in [0, 0.1) is 6.92 Å². The molecule has 2 aromatic rings. The molecule has 1 aromatic heterocycles. The number of ether oxygens (including phenoxy) is 2. The second-order valence-electron chi connectivity index (χ2n) is 4.85. The lowest BCUT2D eigenvalue weighted by atomic mass is 9.99. The maximum atomic E-state index is 11.1. The highest BCUT2D eigenvalue weighted by atomic mass is 16.5. The Kier molecular flexibility index (Phi) is 5.32. The van der Waals surface area contributed by atoms with Gasteiger partial charge in [0.05, 0.1) is 7.11 Å². The van der Waals surface area contributed by atoms with E-state index in [0.29, 0.717) is 11.5 Å². The largest absolute Gasteiger partial charge is 0.493 e. The number of hydrogen-bond donors (Lipinski definition) is 2. The van der Waals surface area contributed by atoms with Gasteiger partial charge < -0.3 is 9.47 Å². The Bertz CT molecular complexity index is 728. The molecule has 0 aliphatic rings. The van der Waals surface area contributed by atoms with Crippen LogP contribution in [0.15, 0.2) is 43.1 Å². The zero-order chi connectivity index (χ0) is 16.8. The fourth-order valence-electron chi connectivity index (χ4n) is 2.05. The maximum Gasteiger partial charge on any atom is 0.281 e. The first kappa shape index (κ1) is 16.5. The lowest BCUT2D eigenvalue weighted by Gasteiger charge is -2.13. The second-order valence-corrected chi connectivity index (χ2v) is 4.85. The van der Waals surface area contributed by atoms with Crippen LogP contribution in [0.3, 0.4) is 0 Å². The molecule has 6 heteroatoms. The summed E-state index contributed by atoms with van der Waals surface area (Å²) in [5, 5.41) is 8.53. The third kappa shape index (κ3) is 4.08. The number of amides is 1. The Morgan fingerprint density at radius 3 is 2.65 bits per heavy atom. The van der Waals surface area contributed by atoms with Gasteiger partial charge >= 0.3 is 0 Å². The number of carbonyl (C=O) groups is 1. The summed E-state index contributed by atoms with van der Waals surface area (Å²) >= 11 is 0. The number of aromatic nitrogens is 1. The Hall–Kier alpha value is -2.86. The van der Waals surface area contributed by atoms with E-state index in [9.17, 15) is 4.79 Å². The fourth-order valence-corrected chi connectivity index (χ4v) is 2.05. The smallest absolute Gasteiger partial charge is 0.281 e. The fraction of sp³-hybridized carbons (Fsp3) is 0.176. The Labute approximate surface area is 134 Å². The van der Waals surface area contributed by atoms with Crippen LogP contribution in [0.1, 0.15) is 16.8 Å². The molecule has 0 saturated carbocycles. The first-order valence-corrected chi connectivity index (χ1v) is 6.91. The highest BCUT2D eigenvalue weighted by Crippen LogP contribution is 2.32. The molecule has 6 nitrogen and oxygen atoms in total. The van der Waals surface area contributed by atoms with Gasteiger partial charge in [0.1, 0.15) is 0 Å². The van der Waals surface area contributed by atoms with Gasteiger partial charge in [-0.15, -0.1) is 0 Å². The highest BCUT2D eigenvalue weighted by molar-refractivity contribution is 5.79. The van der Waals surface area contributed by atoms with E-state index in [-0.39, 0.29) is 6.61 Å². The van der Waals surface area contributed by atoms with Crippen LogP contribution in [-0.4, -0.2) is 29.8 Å². The molecule has 2 rings (SSSR count). The van der Waals surface area contributed by atoms with Crippen LogP contribution in [-0.2, 0) is 4.79 Å². The van der Waals surface area contributed by atoms with Gasteiger partial charge in [0.2, 0.25) is 0 Å². The monoisotopic (exact) mass is 314 g/mol. The van der Waals surface area contributed by atoms with Crippen molar-refractivity contribution in [1.82, 2.24) is 10.5 Å². The van der Waals surface area contributed by atoms with Crippen LogP contribution in [0.25, 0.3) is 5.57 Å². The number of rotatable bonds is 6. The average Bonchev–Trinajstić information content (AvgIpc) is 2.58. The number of nitrogens with one attached hydrogen (secondary N) is 1. The minimum atomic E-state index is -0.652. The van der Waals surface area contributed by atoms with Crippen molar-refractivity contribution < 1.29 is 19.5 Å². The predicted molar refractivity (Wildman–Crippen MR) is 85.5 cm³/mol. The van der Waals surface area contributed by atoms with E-state index < -0.39 is 5.91 Å². The maximum absolute atomic E-state index is 11.1. The van der Waals surface area contributed by atoms with Crippen LogP contribution in [0.5, 0.6) is 11.5 Å². The SMILES string of the molecule is C=C(c1ccnc(C)c1)c1ccc(OC)c(OCC(=O)NO)c1. The Morgan fingerprint density at radius 1 is 1.26 bits per heavy atom. The van der Waals surface area contributed by atoms with Crippen molar-refractivity contribution in [2.45, 2.75) is 6.92 Å². The molecule has 0 unspecified atom stereocenters. The zero-order valence-corrected chi connectivity index (χ0v) is 13.0. The molecule has 0 bridgehead atoms. The summed E-state index contributed by atoms with van der Waals surface area (Å²) in [4.78, 5) is 15.3. The molecule has 0 fully saturated rings. The van der Waals surface area contributed by atoms with Crippen LogP contribution in [0.4, 0.5) is 0 Å². The summed E-state index contributed by atoms with van der Waals surface area (Å²) < 4.78 is 10.6. The van der Waals surface area contributed by atoms with Gasteiger partial charge in [-0.25, -0.2) is 5.48 Å². The number of pyridine rings is 1. The summed E-state index contributed by atoms with van der Waals surface area (Å²) in [6.45, 7) is 5.69. The van der Waals surface area contributed by atoms with Crippen LogP contribution in [0.2, 0.25) is 0 Å². The van der Waals surface area contributed by atoms with E-state index in [0.717, 1.165) is 22.4 Å². The minimum absolute atomic E-state index is 0.322. The van der Waals surface area contributed by atoms with E-state index in [4.69, 9.17) is 14.7 Å². The number of hydroxylamine groups is 1. The van der Waals surface area contributed by atoms with Gasteiger partial charge in [0.15, 0.2) is 18.1 Å². The van der Waals surface area contributed by atoms with Gasteiger partial charge in [-0.1, -0.05) is 12.6 Å². The molecular formula is C17H18N2O4. The Balaban J connectivity index is 2.29. The number of hydrogen-bond acceptors (Lipinski definition) is 5.